The van der Waals surface area contributed by atoms with E-state index in [1.807, 2.05) is 0 Å². The second kappa shape index (κ2) is 22.6. The Hall–Kier alpha value is -6.56. The summed E-state index contributed by atoms with van der Waals surface area (Å²) >= 11 is 0. The van der Waals surface area contributed by atoms with Crippen molar-refractivity contribution in [3.05, 3.63) is 121 Å². The first-order chi connectivity index (χ1) is 27.2. The fraction of sp³-hybridized carbons (Fsp3) is 0.273. The third-order valence-corrected chi connectivity index (χ3v) is 8.27. The third-order valence-electron chi connectivity index (χ3n) is 8.27. The minimum Gasteiger partial charge on any atom is -0.463 e. The highest BCUT2D eigenvalue weighted by molar-refractivity contribution is 6.00. The number of fused-ring (bicyclic) bond motifs is 1. The van der Waals surface area contributed by atoms with Gasteiger partial charge < -0.3 is 28.4 Å². The molecule has 0 aliphatic rings. The third kappa shape index (κ3) is 14.0. The van der Waals surface area contributed by atoms with Crippen LogP contribution in [0.25, 0.3) is 10.8 Å². The molecule has 4 rings (SSSR count). The maximum atomic E-state index is 13.1. The van der Waals surface area contributed by atoms with E-state index in [-0.39, 0.29) is 35.5 Å². The van der Waals surface area contributed by atoms with Crippen LogP contribution in [0.4, 0.5) is 0 Å². The molecule has 0 fully saturated rings. The number of carbonyl (C=O) groups excluding carboxylic acids is 6. The van der Waals surface area contributed by atoms with E-state index in [2.05, 4.69) is 13.2 Å². The Morgan fingerprint density at radius 3 is 1.20 bits per heavy atom. The summed E-state index contributed by atoms with van der Waals surface area (Å²) in [6, 6.07) is 22.1. The van der Waals surface area contributed by atoms with Gasteiger partial charge in [-0.3, -0.25) is 9.59 Å². The van der Waals surface area contributed by atoms with Crippen molar-refractivity contribution in [2.24, 2.45) is 0 Å². The molecule has 56 heavy (non-hydrogen) atoms. The Kier molecular flexibility index (Phi) is 17.0. The van der Waals surface area contributed by atoms with Gasteiger partial charge in [0.05, 0.1) is 24.3 Å². The van der Waals surface area contributed by atoms with Crippen LogP contribution in [0, 0.1) is 0 Å². The molecule has 4 aromatic rings. The van der Waals surface area contributed by atoms with Gasteiger partial charge in [0.1, 0.15) is 23.0 Å². The normalized spacial score (nSPS) is 10.5. The van der Waals surface area contributed by atoms with Gasteiger partial charge in [0, 0.05) is 35.8 Å². The molecule has 0 aromatic heterocycles. The average molecular weight is 765 g/mol. The quantitative estimate of drug-likeness (QED) is 0.0326. The lowest BCUT2D eigenvalue weighted by Gasteiger charge is -2.12. The van der Waals surface area contributed by atoms with Crippen LogP contribution in [0.2, 0.25) is 0 Å². The standard InChI is InChI=1S/C44H44O12/c1-3-39(45)51-29-13-7-5-9-17-41(47)53-33-23-19-31(20-24-33)43(49)55-37-27-28-38(36-16-12-11-15-35(36)37)56-44(50)32-21-25-34(26-22-32)54-42(48)18-10-6-8-14-30-52-40(46)4-2/h3-4,11-12,15-16,19-28H,1-2,5-10,13-14,17-18,29-30H2. The van der Waals surface area contributed by atoms with E-state index >= 15 is 0 Å². The Balaban J connectivity index is 1.24. The average Bonchev–Trinajstić information content (AvgIpc) is 3.21. The number of carbonyl (C=O) groups is 6. The second-order valence-electron chi connectivity index (χ2n) is 12.5. The van der Waals surface area contributed by atoms with Gasteiger partial charge in [-0.1, -0.05) is 63.1 Å². The molecule has 0 radical (unpaired) electrons. The van der Waals surface area contributed by atoms with Gasteiger partial charge in [0.25, 0.3) is 0 Å². The summed E-state index contributed by atoms with van der Waals surface area (Å²) in [6.45, 7) is 7.31. The van der Waals surface area contributed by atoms with Crippen LogP contribution in [0.3, 0.4) is 0 Å². The van der Waals surface area contributed by atoms with Gasteiger partial charge in [0.15, 0.2) is 0 Å². The van der Waals surface area contributed by atoms with Crippen LogP contribution in [0.15, 0.2) is 110 Å². The number of rotatable bonds is 22. The van der Waals surface area contributed by atoms with Crippen LogP contribution in [-0.2, 0) is 28.7 Å². The Labute approximate surface area is 325 Å². The molecule has 12 heteroatoms. The van der Waals surface area contributed by atoms with Crippen molar-refractivity contribution >= 4 is 46.6 Å². The van der Waals surface area contributed by atoms with Crippen molar-refractivity contribution in [2.75, 3.05) is 13.2 Å². The van der Waals surface area contributed by atoms with E-state index in [1.54, 1.807) is 24.3 Å². The van der Waals surface area contributed by atoms with Gasteiger partial charge in [-0.05, 0) is 86.3 Å². The first kappa shape index (κ1) is 42.2. The van der Waals surface area contributed by atoms with Crippen LogP contribution in [0.5, 0.6) is 23.0 Å². The highest BCUT2D eigenvalue weighted by Gasteiger charge is 2.17. The van der Waals surface area contributed by atoms with Gasteiger partial charge in [0.2, 0.25) is 0 Å². The molecule has 0 spiro atoms. The van der Waals surface area contributed by atoms with E-state index in [4.69, 9.17) is 28.4 Å². The highest BCUT2D eigenvalue weighted by Crippen LogP contribution is 2.34. The van der Waals surface area contributed by atoms with Crippen LogP contribution in [-0.4, -0.2) is 49.0 Å². The summed E-state index contributed by atoms with van der Waals surface area (Å²) in [5, 5.41) is 1.07. The lowest BCUT2D eigenvalue weighted by molar-refractivity contribution is -0.138. The second-order valence-corrected chi connectivity index (χ2v) is 12.5. The van der Waals surface area contributed by atoms with Gasteiger partial charge in [-0.15, -0.1) is 0 Å². The molecule has 4 aromatic carbocycles. The number of unbranched alkanes of at least 4 members (excludes halogenated alkanes) is 6. The molecule has 0 bridgehead atoms. The van der Waals surface area contributed by atoms with Crippen molar-refractivity contribution in [1.82, 2.24) is 0 Å². The minimum absolute atomic E-state index is 0.223. The van der Waals surface area contributed by atoms with Crippen LogP contribution >= 0.6 is 0 Å². The first-order valence-corrected chi connectivity index (χ1v) is 18.3. The molecule has 0 aliphatic heterocycles. The molecule has 0 saturated heterocycles. The fourth-order valence-electron chi connectivity index (χ4n) is 5.34. The maximum Gasteiger partial charge on any atom is 0.343 e. The highest BCUT2D eigenvalue weighted by atomic mass is 16.6. The number of hydrogen-bond acceptors (Lipinski definition) is 12. The summed E-state index contributed by atoms with van der Waals surface area (Å²) in [6.07, 6.45) is 8.49. The molecule has 0 unspecified atom stereocenters. The zero-order valence-corrected chi connectivity index (χ0v) is 31.0. The summed E-state index contributed by atoms with van der Waals surface area (Å²) in [5.41, 5.74) is 0.465. The van der Waals surface area contributed by atoms with E-state index in [0.29, 0.717) is 61.2 Å². The summed E-state index contributed by atoms with van der Waals surface area (Å²) in [7, 11) is 0. The van der Waals surface area contributed by atoms with Gasteiger partial charge >= 0.3 is 35.8 Å². The molecule has 0 amide bonds. The van der Waals surface area contributed by atoms with Crippen molar-refractivity contribution in [1.29, 1.82) is 0 Å². The smallest absolute Gasteiger partial charge is 0.343 e. The predicted octanol–water partition coefficient (Wildman–Crippen LogP) is 8.45. The van der Waals surface area contributed by atoms with Gasteiger partial charge in [-0.2, -0.15) is 0 Å². The van der Waals surface area contributed by atoms with Crippen molar-refractivity contribution in [3.63, 3.8) is 0 Å². The van der Waals surface area contributed by atoms with Crippen molar-refractivity contribution in [2.45, 2.75) is 64.2 Å². The zero-order chi connectivity index (χ0) is 40.1. The largest absolute Gasteiger partial charge is 0.463 e. The lowest BCUT2D eigenvalue weighted by atomic mass is 10.1. The predicted molar refractivity (Wildman–Crippen MR) is 207 cm³/mol. The van der Waals surface area contributed by atoms with E-state index in [9.17, 15) is 28.8 Å². The van der Waals surface area contributed by atoms with E-state index in [1.165, 1.54) is 60.7 Å². The minimum atomic E-state index is -0.638. The molecular weight excluding hydrogens is 720 g/mol. The summed E-state index contributed by atoms with van der Waals surface area (Å²) in [5.74, 6) is -1.90. The van der Waals surface area contributed by atoms with Gasteiger partial charge in [-0.25, -0.2) is 19.2 Å². The topological polar surface area (TPSA) is 158 Å². The SMILES string of the molecule is C=CC(=O)OCCCCCCC(=O)Oc1ccc(C(=O)Oc2ccc(OC(=O)c3ccc(OC(=O)CCCCCCOC(=O)C=C)cc3)c3ccccc23)cc1. The van der Waals surface area contributed by atoms with E-state index in [0.717, 1.165) is 37.8 Å². The Bertz CT molecular complexity index is 1850. The Morgan fingerprint density at radius 1 is 0.446 bits per heavy atom. The number of esters is 6. The summed E-state index contributed by atoms with van der Waals surface area (Å²) in [4.78, 5) is 72.8. The lowest BCUT2D eigenvalue weighted by Crippen LogP contribution is -2.11. The monoisotopic (exact) mass is 764 g/mol. The molecular formula is C44H44O12. The first-order valence-electron chi connectivity index (χ1n) is 18.3. The molecule has 0 saturated carbocycles. The maximum absolute atomic E-state index is 13.1. The number of hydrogen-bond donors (Lipinski definition) is 0. The fourth-order valence-corrected chi connectivity index (χ4v) is 5.34. The molecule has 0 atom stereocenters. The van der Waals surface area contributed by atoms with E-state index < -0.39 is 35.8 Å². The molecule has 0 aliphatic carbocycles. The van der Waals surface area contributed by atoms with Crippen molar-refractivity contribution in [3.8, 4) is 23.0 Å². The summed E-state index contributed by atoms with van der Waals surface area (Å²) < 4.78 is 32.0. The van der Waals surface area contributed by atoms with Crippen LogP contribution < -0.4 is 18.9 Å². The molecule has 292 valence electrons. The number of benzene rings is 4. The Morgan fingerprint density at radius 2 is 0.821 bits per heavy atom. The number of ether oxygens (including phenoxy) is 6. The van der Waals surface area contributed by atoms with Crippen molar-refractivity contribution < 1.29 is 57.2 Å². The molecule has 12 nitrogen and oxygen atoms in total. The molecule has 0 N–H and O–H groups in total. The zero-order valence-electron chi connectivity index (χ0n) is 31.0. The van der Waals surface area contributed by atoms with Crippen LogP contribution in [0.1, 0.15) is 84.9 Å². The molecule has 0 heterocycles.